The van der Waals surface area contributed by atoms with E-state index in [1.807, 2.05) is 6.07 Å². The Bertz CT molecular complexity index is 366. The highest BCUT2D eigenvalue weighted by Crippen LogP contribution is 2.24. The quantitative estimate of drug-likeness (QED) is 0.827. The Morgan fingerprint density at radius 3 is 3.17 bits per heavy atom. The van der Waals surface area contributed by atoms with Crippen LogP contribution in [-0.4, -0.2) is 36.1 Å². The lowest BCUT2D eigenvalue weighted by Gasteiger charge is -2.33. The summed E-state index contributed by atoms with van der Waals surface area (Å²) in [7, 11) is 0. The summed E-state index contributed by atoms with van der Waals surface area (Å²) in [5, 5.41) is 3.23. The first-order valence-electron chi connectivity index (χ1n) is 6.84. The van der Waals surface area contributed by atoms with Crippen molar-refractivity contribution < 1.29 is 0 Å². The van der Waals surface area contributed by atoms with Crippen LogP contribution in [0, 0.1) is 5.92 Å². The predicted octanol–water partition coefficient (Wildman–Crippen LogP) is 1.47. The van der Waals surface area contributed by atoms with E-state index in [2.05, 4.69) is 27.1 Å². The molecule has 1 unspecified atom stereocenters. The molecule has 1 fully saturated rings. The number of hydrogen-bond donors (Lipinski definition) is 2. The average Bonchev–Trinajstić information content (AvgIpc) is 2.40. The standard InChI is InChI=1S/C13H23N5/c1-2-15-12-8-13(17-10-16-12)18-7-3-4-11(9-18)5-6-14/h8,10-11H,2-7,9,14H2,1H3,(H,15,16,17). The normalized spacial score (nSPS) is 19.9. The number of anilines is 2. The lowest BCUT2D eigenvalue weighted by Crippen LogP contribution is -2.36. The summed E-state index contributed by atoms with van der Waals surface area (Å²) in [6.45, 7) is 5.89. The molecule has 1 atom stereocenters. The second-order valence-corrected chi connectivity index (χ2v) is 4.82. The van der Waals surface area contributed by atoms with Crippen molar-refractivity contribution in [1.29, 1.82) is 0 Å². The topological polar surface area (TPSA) is 67.1 Å². The zero-order valence-electron chi connectivity index (χ0n) is 11.1. The van der Waals surface area contributed by atoms with E-state index in [1.54, 1.807) is 6.33 Å². The predicted molar refractivity (Wildman–Crippen MR) is 74.8 cm³/mol. The van der Waals surface area contributed by atoms with Gasteiger partial charge in [-0.05, 0) is 38.6 Å². The van der Waals surface area contributed by atoms with Gasteiger partial charge in [-0.2, -0.15) is 0 Å². The molecule has 0 spiro atoms. The molecule has 0 saturated carbocycles. The van der Waals surface area contributed by atoms with Crippen molar-refractivity contribution in [3.63, 3.8) is 0 Å². The van der Waals surface area contributed by atoms with Crippen LogP contribution in [0.4, 0.5) is 11.6 Å². The van der Waals surface area contributed by atoms with Gasteiger partial charge in [-0.1, -0.05) is 0 Å². The van der Waals surface area contributed by atoms with E-state index in [1.165, 1.54) is 12.8 Å². The summed E-state index contributed by atoms with van der Waals surface area (Å²) < 4.78 is 0. The third-order valence-corrected chi connectivity index (χ3v) is 3.43. The minimum Gasteiger partial charge on any atom is -0.370 e. The molecule has 1 saturated heterocycles. The first-order valence-corrected chi connectivity index (χ1v) is 6.84. The zero-order chi connectivity index (χ0) is 12.8. The van der Waals surface area contributed by atoms with Crippen LogP contribution < -0.4 is 16.0 Å². The maximum absolute atomic E-state index is 5.65. The van der Waals surface area contributed by atoms with Gasteiger partial charge in [0, 0.05) is 25.7 Å². The second kappa shape index (κ2) is 6.54. The van der Waals surface area contributed by atoms with Crippen molar-refractivity contribution >= 4 is 11.6 Å². The molecular weight excluding hydrogens is 226 g/mol. The van der Waals surface area contributed by atoms with E-state index < -0.39 is 0 Å². The molecular formula is C13H23N5. The van der Waals surface area contributed by atoms with Crippen LogP contribution >= 0.6 is 0 Å². The first-order chi connectivity index (χ1) is 8.83. The Labute approximate surface area is 109 Å². The maximum Gasteiger partial charge on any atom is 0.134 e. The van der Waals surface area contributed by atoms with E-state index >= 15 is 0 Å². The van der Waals surface area contributed by atoms with Crippen molar-refractivity contribution in [3.8, 4) is 0 Å². The van der Waals surface area contributed by atoms with Gasteiger partial charge >= 0.3 is 0 Å². The number of aromatic nitrogens is 2. The molecule has 2 heterocycles. The highest BCUT2D eigenvalue weighted by atomic mass is 15.2. The maximum atomic E-state index is 5.65. The third kappa shape index (κ3) is 3.32. The highest BCUT2D eigenvalue weighted by Gasteiger charge is 2.20. The zero-order valence-corrected chi connectivity index (χ0v) is 11.1. The van der Waals surface area contributed by atoms with Crippen LogP contribution in [0.25, 0.3) is 0 Å². The SMILES string of the molecule is CCNc1cc(N2CCCC(CCN)C2)ncn1. The lowest BCUT2D eigenvalue weighted by molar-refractivity contribution is 0.394. The van der Waals surface area contributed by atoms with E-state index in [4.69, 9.17) is 5.73 Å². The Hall–Kier alpha value is -1.36. The molecule has 100 valence electrons. The fourth-order valence-corrected chi connectivity index (χ4v) is 2.54. The minimum atomic E-state index is 0.710. The summed E-state index contributed by atoms with van der Waals surface area (Å²) in [5.41, 5.74) is 5.65. The van der Waals surface area contributed by atoms with Crippen LogP contribution in [0.3, 0.4) is 0 Å². The van der Waals surface area contributed by atoms with Crippen molar-refractivity contribution in [2.45, 2.75) is 26.2 Å². The molecule has 3 N–H and O–H groups in total. The Morgan fingerprint density at radius 1 is 1.50 bits per heavy atom. The Kier molecular flexibility index (Phi) is 4.75. The molecule has 1 aromatic heterocycles. The fourth-order valence-electron chi connectivity index (χ4n) is 2.54. The van der Waals surface area contributed by atoms with E-state index in [0.29, 0.717) is 5.92 Å². The number of hydrogen-bond acceptors (Lipinski definition) is 5. The lowest BCUT2D eigenvalue weighted by atomic mass is 9.95. The average molecular weight is 249 g/mol. The van der Waals surface area contributed by atoms with Crippen LogP contribution in [0.15, 0.2) is 12.4 Å². The van der Waals surface area contributed by atoms with Gasteiger partial charge in [0.25, 0.3) is 0 Å². The van der Waals surface area contributed by atoms with Crippen molar-refractivity contribution in [2.75, 3.05) is 36.4 Å². The molecule has 0 amide bonds. The molecule has 0 aromatic carbocycles. The van der Waals surface area contributed by atoms with Gasteiger partial charge in [0.2, 0.25) is 0 Å². The van der Waals surface area contributed by atoms with E-state index in [-0.39, 0.29) is 0 Å². The Balaban J connectivity index is 2.03. The van der Waals surface area contributed by atoms with Crippen LogP contribution in [0.1, 0.15) is 26.2 Å². The minimum absolute atomic E-state index is 0.710. The van der Waals surface area contributed by atoms with Gasteiger partial charge in [0.05, 0.1) is 0 Å². The number of piperidine rings is 1. The smallest absolute Gasteiger partial charge is 0.134 e. The highest BCUT2D eigenvalue weighted by molar-refractivity contribution is 5.48. The molecule has 5 nitrogen and oxygen atoms in total. The Morgan fingerprint density at radius 2 is 2.39 bits per heavy atom. The number of rotatable bonds is 5. The van der Waals surface area contributed by atoms with Crippen LogP contribution in [0.2, 0.25) is 0 Å². The van der Waals surface area contributed by atoms with Crippen molar-refractivity contribution in [2.24, 2.45) is 11.7 Å². The molecule has 1 aliphatic rings. The van der Waals surface area contributed by atoms with Gasteiger partial charge in [-0.15, -0.1) is 0 Å². The molecule has 0 aliphatic carbocycles. The third-order valence-electron chi connectivity index (χ3n) is 3.43. The summed E-state index contributed by atoms with van der Waals surface area (Å²) in [5.74, 6) is 2.65. The largest absolute Gasteiger partial charge is 0.370 e. The van der Waals surface area contributed by atoms with Gasteiger partial charge in [-0.25, -0.2) is 9.97 Å². The van der Waals surface area contributed by atoms with Gasteiger partial charge in [-0.3, -0.25) is 0 Å². The summed E-state index contributed by atoms with van der Waals surface area (Å²) in [6.07, 6.45) is 5.27. The van der Waals surface area contributed by atoms with E-state index in [9.17, 15) is 0 Å². The fraction of sp³-hybridized carbons (Fsp3) is 0.692. The molecule has 0 radical (unpaired) electrons. The molecule has 1 aliphatic heterocycles. The van der Waals surface area contributed by atoms with Gasteiger partial charge in [0.15, 0.2) is 0 Å². The molecule has 5 heteroatoms. The molecule has 2 rings (SSSR count). The molecule has 18 heavy (non-hydrogen) atoms. The summed E-state index contributed by atoms with van der Waals surface area (Å²) in [4.78, 5) is 10.9. The summed E-state index contributed by atoms with van der Waals surface area (Å²) in [6, 6.07) is 2.04. The number of nitrogens with zero attached hydrogens (tertiary/aromatic N) is 3. The van der Waals surface area contributed by atoms with Crippen LogP contribution in [0.5, 0.6) is 0 Å². The number of nitrogens with two attached hydrogens (primary N) is 1. The van der Waals surface area contributed by atoms with Crippen LogP contribution in [-0.2, 0) is 0 Å². The molecule has 1 aromatic rings. The van der Waals surface area contributed by atoms with Crippen molar-refractivity contribution in [3.05, 3.63) is 12.4 Å². The molecule has 0 bridgehead atoms. The van der Waals surface area contributed by atoms with E-state index in [0.717, 1.165) is 44.2 Å². The van der Waals surface area contributed by atoms with Crippen molar-refractivity contribution in [1.82, 2.24) is 9.97 Å². The monoisotopic (exact) mass is 249 g/mol. The first kappa shape index (κ1) is 13.1. The second-order valence-electron chi connectivity index (χ2n) is 4.82. The van der Waals surface area contributed by atoms with Gasteiger partial charge in [0.1, 0.15) is 18.0 Å². The summed E-state index contributed by atoms with van der Waals surface area (Å²) >= 11 is 0. The number of nitrogens with one attached hydrogen (secondary N) is 1. The van der Waals surface area contributed by atoms with Gasteiger partial charge < -0.3 is 16.0 Å².